The molecule has 0 spiro atoms. The van der Waals surface area contributed by atoms with Gasteiger partial charge in [0.05, 0.1) is 25.4 Å². The topological polar surface area (TPSA) is 115 Å². The van der Waals surface area contributed by atoms with Gasteiger partial charge in [0.15, 0.2) is 5.75 Å². The molecule has 0 bridgehead atoms. The van der Waals surface area contributed by atoms with E-state index in [1.807, 2.05) is 27.7 Å². The number of rotatable bonds is 16. The molecule has 0 radical (unpaired) electrons. The zero-order valence-electron chi connectivity index (χ0n) is 29.2. The number of amides is 1. The lowest BCUT2D eigenvalue weighted by Gasteiger charge is -2.15. The van der Waals surface area contributed by atoms with Crippen molar-refractivity contribution < 1.29 is 37.4 Å². The predicted octanol–water partition coefficient (Wildman–Crippen LogP) is 10.0. The molecule has 9 nitrogen and oxygen atoms in total. The highest BCUT2D eigenvalue weighted by atomic mass is 79.9. The van der Waals surface area contributed by atoms with Crippen LogP contribution in [0.1, 0.15) is 61.2 Å². The minimum atomic E-state index is -0.952. The molecular weight excluding hydrogens is 863 g/mol. The molecule has 0 heterocycles. The molecule has 0 aromatic heterocycles. The maximum absolute atomic E-state index is 14.1. The van der Waals surface area contributed by atoms with Crippen LogP contribution in [0.2, 0.25) is 10.0 Å². The summed E-state index contributed by atoms with van der Waals surface area (Å²) < 4.78 is 45.6. The summed E-state index contributed by atoms with van der Waals surface area (Å²) in [4.78, 5) is 37.5. The number of halogens is 6. The van der Waals surface area contributed by atoms with Crippen molar-refractivity contribution in [2.75, 3.05) is 17.2 Å². The Labute approximate surface area is 333 Å². The first-order chi connectivity index (χ1) is 25.1. The summed E-state index contributed by atoms with van der Waals surface area (Å²) in [6.07, 6.45) is -0.0218. The van der Waals surface area contributed by atoms with Gasteiger partial charge in [-0.15, -0.1) is 0 Å². The highest BCUT2D eigenvalue weighted by molar-refractivity contribution is 9.11. The van der Waals surface area contributed by atoms with E-state index < -0.39 is 36.0 Å². The fourth-order valence-corrected chi connectivity index (χ4v) is 7.11. The largest absolute Gasteiger partial charge is 0.487 e. The average Bonchev–Trinajstić information content (AvgIpc) is 3.04. The van der Waals surface area contributed by atoms with Gasteiger partial charge in [0.2, 0.25) is 0 Å². The molecule has 4 rings (SSSR count). The Morgan fingerprint density at radius 1 is 0.679 bits per heavy atom. The number of anilines is 2. The summed E-state index contributed by atoms with van der Waals surface area (Å²) in [6, 6.07) is 15.5. The quantitative estimate of drug-likeness (QED) is 0.0753. The number of carbonyl (C=O) groups is 3. The molecule has 0 unspecified atom stereocenters. The van der Waals surface area contributed by atoms with Gasteiger partial charge in [0, 0.05) is 29.0 Å². The molecule has 0 aliphatic carbocycles. The molecule has 4 aromatic rings. The Hall–Kier alpha value is -3.91. The van der Waals surface area contributed by atoms with Gasteiger partial charge in [0.1, 0.15) is 37.1 Å². The van der Waals surface area contributed by atoms with E-state index >= 15 is 0 Å². The minimum absolute atomic E-state index is 0.0122. The summed E-state index contributed by atoms with van der Waals surface area (Å²) in [6.45, 7) is 7.29. The zero-order valence-corrected chi connectivity index (χ0v) is 33.9. The Kier molecular flexibility index (Phi) is 15.3. The summed E-state index contributed by atoms with van der Waals surface area (Å²) in [5.74, 6) is -2.60. The lowest BCUT2D eigenvalue weighted by molar-refractivity contribution is -0.158. The number of aryl methyl sites for hydroxylation is 1. The van der Waals surface area contributed by atoms with Crippen LogP contribution in [0.5, 0.6) is 11.5 Å². The first-order valence-electron chi connectivity index (χ1n) is 16.4. The molecule has 15 heteroatoms. The van der Waals surface area contributed by atoms with Crippen molar-refractivity contribution in [2.45, 2.75) is 65.8 Å². The van der Waals surface area contributed by atoms with Crippen LogP contribution >= 0.6 is 55.1 Å². The normalized spacial score (nSPS) is 11.0. The fraction of sp³-hybridized carbons (Fsp3) is 0.289. The maximum Gasteiger partial charge on any atom is 0.333 e. The van der Waals surface area contributed by atoms with Crippen LogP contribution in [0, 0.1) is 11.6 Å². The Morgan fingerprint density at radius 2 is 1.17 bits per heavy atom. The third-order valence-corrected chi connectivity index (χ3v) is 8.89. The van der Waals surface area contributed by atoms with Gasteiger partial charge in [-0.1, -0.05) is 23.2 Å². The van der Waals surface area contributed by atoms with E-state index in [2.05, 4.69) is 47.8 Å². The Morgan fingerprint density at radius 3 is 1.66 bits per heavy atom. The SMILES string of the molecule is CC(C)Nc1cc(F)cc(COc2c(Cl)cc(CCC(=O)OC(=O)CNC(=O)c3cc(Br)c(OCc4cc(F)cc(NC(C)C)c4)c(Br)c3)cc2Cl)c1. The summed E-state index contributed by atoms with van der Waals surface area (Å²) in [5.41, 5.74) is 3.20. The van der Waals surface area contributed by atoms with E-state index in [4.69, 9.17) is 37.4 Å². The van der Waals surface area contributed by atoms with Crippen molar-refractivity contribution in [3.8, 4) is 11.5 Å². The molecule has 0 aliphatic heterocycles. The van der Waals surface area contributed by atoms with E-state index in [1.54, 1.807) is 24.3 Å². The summed E-state index contributed by atoms with van der Waals surface area (Å²) in [7, 11) is 0. The van der Waals surface area contributed by atoms with Gasteiger partial charge >= 0.3 is 11.9 Å². The van der Waals surface area contributed by atoms with Gasteiger partial charge < -0.3 is 30.2 Å². The lowest BCUT2D eigenvalue weighted by atomic mass is 10.1. The van der Waals surface area contributed by atoms with E-state index in [0.717, 1.165) is 0 Å². The third kappa shape index (κ3) is 13.2. The van der Waals surface area contributed by atoms with Crippen LogP contribution in [0.3, 0.4) is 0 Å². The van der Waals surface area contributed by atoms with Gasteiger partial charge in [-0.05, 0) is 143 Å². The molecule has 0 saturated carbocycles. The first-order valence-corrected chi connectivity index (χ1v) is 18.8. The smallest absolute Gasteiger partial charge is 0.333 e. The van der Waals surface area contributed by atoms with Crippen molar-refractivity contribution in [3.05, 3.63) is 114 Å². The highest BCUT2D eigenvalue weighted by Gasteiger charge is 2.18. The van der Waals surface area contributed by atoms with Gasteiger partial charge in [-0.2, -0.15) is 0 Å². The van der Waals surface area contributed by atoms with Crippen molar-refractivity contribution in [1.82, 2.24) is 5.32 Å². The molecular formula is C38H37Br2Cl2F2N3O6. The minimum Gasteiger partial charge on any atom is -0.487 e. The van der Waals surface area contributed by atoms with Crippen LogP contribution in [-0.4, -0.2) is 36.5 Å². The predicted molar refractivity (Wildman–Crippen MR) is 209 cm³/mol. The average molecular weight is 900 g/mol. The summed E-state index contributed by atoms with van der Waals surface area (Å²) in [5, 5.41) is 9.11. The summed E-state index contributed by atoms with van der Waals surface area (Å²) >= 11 is 19.6. The van der Waals surface area contributed by atoms with Gasteiger partial charge in [-0.3, -0.25) is 9.59 Å². The number of carbonyl (C=O) groups excluding carboxylic acids is 3. The van der Waals surface area contributed by atoms with Crippen LogP contribution in [0.25, 0.3) is 0 Å². The molecule has 0 fully saturated rings. The van der Waals surface area contributed by atoms with E-state index in [9.17, 15) is 23.2 Å². The molecule has 0 atom stereocenters. The van der Waals surface area contributed by atoms with Gasteiger partial charge in [-0.25, -0.2) is 13.6 Å². The van der Waals surface area contributed by atoms with E-state index in [1.165, 1.54) is 36.4 Å². The van der Waals surface area contributed by atoms with Crippen LogP contribution in [0.4, 0.5) is 20.2 Å². The second-order valence-electron chi connectivity index (χ2n) is 12.6. The van der Waals surface area contributed by atoms with Crippen LogP contribution in [-0.2, 0) is 34.0 Å². The number of esters is 2. The van der Waals surface area contributed by atoms with E-state index in [0.29, 0.717) is 42.8 Å². The monoisotopic (exact) mass is 897 g/mol. The number of hydrogen-bond donors (Lipinski definition) is 3. The molecule has 1 amide bonds. The van der Waals surface area contributed by atoms with Crippen molar-refractivity contribution >= 4 is 84.3 Å². The highest BCUT2D eigenvalue weighted by Crippen LogP contribution is 2.37. The Balaban J connectivity index is 1.24. The van der Waals surface area contributed by atoms with Gasteiger partial charge in [0.25, 0.3) is 5.91 Å². The molecule has 53 heavy (non-hydrogen) atoms. The van der Waals surface area contributed by atoms with Crippen molar-refractivity contribution in [1.29, 1.82) is 0 Å². The standard InChI is InChI=1S/C38H37Br2Cl2F2N3O6/c1-20(2)46-28-9-23(7-26(43)15-28)18-51-36-30(39)13-25(14-31(36)40)38(50)45-17-35(49)53-34(48)6-5-22-11-32(41)37(33(42)12-22)52-19-24-8-27(44)16-29(10-24)47-21(3)4/h7-16,20-21,46-47H,5-6,17-19H2,1-4H3,(H,45,50). The van der Waals surface area contributed by atoms with Crippen molar-refractivity contribution in [2.24, 2.45) is 0 Å². The molecule has 3 N–H and O–H groups in total. The number of benzene rings is 4. The third-order valence-electron chi connectivity index (χ3n) is 7.15. The number of ether oxygens (including phenoxy) is 3. The molecule has 0 saturated heterocycles. The number of hydrogen-bond acceptors (Lipinski definition) is 8. The second kappa shape index (κ2) is 19.4. The maximum atomic E-state index is 14.1. The van der Waals surface area contributed by atoms with E-state index in [-0.39, 0.29) is 59.5 Å². The molecule has 282 valence electrons. The molecule has 4 aromatic carbocycles. The second-order valence-corrected chi connectivity index (χ2v) is 15.1. The zero-order chi connectivity index (χ0) is 38.8. The van der Waals surface area contributed by atoms with Crippen LogP contribution in [0.15, 0.2) is 69.6 Å². The Bertz CT molecular complexity index is 1940. The lowest BCUT2D eigenvalue weighted by Crippen LogP contribution is -2.31. The molecule has 0 aliphatic rings. The van der Waals surface area contributed by atoms with Crippen LogP contribution < -0.4 is 25.4 Å². The first kappa shape index (κ1) is 41.8. The fourth-order valence-electron chi connectivity index (χ4n) is 5.05. The number of nitrogens with one attached hydrogen (secondary N) is 3. The van der Waals surface area contributed by atoms with Crippen molar-refractivity contribution in [3.63, 3.8) is 0 Å².